The number of carbonyl (C=O) groups is 1. The topological polar surface area (TPSA) is 166 Å². The van der Waals surface area contributed by atoms with Gasteiger partial charge < -0.3 is 9.63 Å². The molecule has 0 saturated heterocycles. The molecule has 0 amide bonds. The fourth-order valence-corrected chi connectivity index (χ4v) is 0.634. The maximum atomic E-state index is 10.2. The van der Waals surface area contributed by atoms with Gasteiger partial charge in [0.2, 0.25) is 0 Å². The van der Waals surface area contributed by atoms with Crippen molar-refractivity contribution < 1.29 is 45.1 Å². The molecule has 9 nitrogen and oxygen atoms in total. The number of carboxylic acids is 1. The Bertz CT molecular complexity index is 224. The number of hydrogen-bond donors (Lipinski definition) is 1. The molecule has 0 aromatic rings. The quantitative estimate of drug-likeness (QED) is 0.566. The first-order valence-electron chi connectivity index (χ1n) is 6.91. The summed E-state index contributed by atoms with van der Waals surface area (Å²) in [6.07, 6.45) is 0.610. The van der Waals surface area contributed by atoms with Crippen molar-refractivity contribution in [3.05, 3.63) is 46.3 Å². The lowest BCUT2D eigenvalue weighted by molar-refractivity contribution is -0.132. The monoisotopic (exact) mass is 397 g/mol. The summed E-state index contributed by atoms with van der Waals surface area (Å²) >= 11 is 0. The van der Waals surface area contributed by atoms with Gasteiger partial charge in [-0.15, -0.1) is 0 Å². The number of carboxylic acid groups (broad SMARTS) is 1. The Balaban J connectivity index is -0.0000000551. The molecule has 0 aromatic carbocycles. The number of hydrogen-bond acceptors (Lipinski definition) is 2. The van der Waals surface area contributed by atoms with Gasteiger partial charge >= 0.3 is 5.97 Å². The summed E-state index contributed by atoms with van der Waals surface area (Å²) < 4.78 is 4.58. The van der Waals surface area contributed by atoms with Crippen LogP contribution in [0.4, 0.5) is 0 Å². The average Bonchev–Trinajstić information content (AvgIpc) is 2.56. The zero-order chi connectivity index (χ0) is 22.4. The highest BCUT2D eigenvalue weighted by atomic mass is 31.0. The third-order valence-electron chi connectivity index (χ3n) is 1.11. The molecule has 10 heteroatoms. The average molecular weight is 397 g/mol. The van der Waals surface area contributed by atoms with E-state index >= 15 is 0 Å². The molecule has 0 saturated carbocycles. The molecular weight excluding hydrogens is 367 g/mol. The SMILES string of the molecule is CC(=CC(C[O])OP)C(=O)O.[CH2]C[O].[CH2]C[O].[CH2]C[O].[CH2]C[O].[CH2]C[O]. The van der Waals surface area contributed by atoms with Crippen LogP contribution in [-0.4, -0.2) is 56.8 Å². The van der Waals surface area contributed by atoms with Crippen molar-refractivity contribution in [1.29, 1.82) is 0 Å². The first-order valence-corrected chi connectivity index (χ1v) is 7.38. The molecule has 0 aliphatic heterocycles. The Hall–Kier alpha value is -0.640. The van der Waals surface area contributed by atoms with Gasteiger partial charge in [0.05, 0.1) is 33.0 Å². The lowest BCUT2D eigenvalue weighted by Crippen LogP contribution is -2.11. The van der Waals surface area contributed by atoms with Gasteiger partial charge in [-0.3, -0.25) is 0 Å². The standard InChI is InChI=1S/C6H10O4P.5C2H4O/c1-4(6(8)9)2-5(3-7)10-11;5*1-2-3/h2,5H,3,11H2,1H3,(H,8,9);5*1-2H2. The zero-order valence-corrected chi connectivity index (χ0v) is 16.4. The van der Waals surface area contributed by atoms with Crippen LogP contribution in [0.25, 0.3) is 0 Å². The van der Waals surface area contributed by atoms with Crippen molar-refractivity contribution in [2.75, 3.05) is 39.6 Å². The molecule has 2 unspecified atom stereocenters. The minimum atomic E-state index is -1.04. The van der Waals surface area contributed by atoms with Crippen LogP contribution in [0.2, 0.25) is 0 Å². The fraction of sp³-hybridized carbons (Fsp3) is 0.500. The minimum absolute atomic E-state index is 0.119. The maximum absolute atomic E-state index is 10.2. The second-order valence-corrected chi connectivity index (χ2v) is 3.29. The molecule has 0 aliphatic rings. The Morgan fingerprint density at radius 2 is 1.12 bits per heavy atom. The molecule has 0 fully saturated rings. The second-order valence-electron chi connectivity index (χ2n) is 3.02. The smallest absolute Gasteiger partial charge is 0.331 e. The van der Waals surface area contributed by atoms with Crippen LogP contribution in [0.15, 0.2) is 11.6 Å². The van der Waals surface area contributed by atoms with Crippen LogP contribution in [0.1, 0.15) is 6.92 Å². The van der Waals surface area contributed by atoms with E-state index in [0.717, 1.165) is 0 Å². The highest BCUT2D eigenvalue weighted by Crippen LogP contribution is 2.03. The number of rotatable bonds is 4. The highest BCUT2D eigenvalue weighted by molar-refractivity contribution is 7.09. The molecule has 2 atom stereocenters. The largest absolute Gasteiger partial charge is 0.478 e. The van der Waals surface area contributed by atoms with Gasteiger partial charge in [-0.05, 0) is 47.6 Å². The molecule has 0 heterocycles. The Morgan fingerprint density at radius 1 is 0.885 bits per heavy atom. The Morgan fingerprint density at radius 3 is 1.23 bits per heavy atom. The highest BCUT2D eigenvalue weighted by Gasteiger charge is 2.06. The Labute approximate surface area is 160 Å². The Kier molecular flexibility index (Phi) is 76.7. The molecule has 0 aromatic heterocycles. The van der Waals surface area contributed by atoms with Crippen molar-refractivity contribution >= 4 is 15.4 Å². The summed E-state index contributed by atoms with van der Waals surface area (Å²) in [7, 11) is 1.92. The van der Waals surface area contributed by atoms with Gasteiger partial charge in [-0.2, -0.15) is 0 Å². The van der Waals surface area contributed by atoms with Crippen LogP contribution < -0.4 is 0 Å². The van der Waals surface area contributed by atoms with Gasteiger partial charge in [-0.1, -0.05) is 0 Å². The molecule has 26 heavy (non-hydrogen) atoms. The molecule has 0 spiro atoms. The summed E-state index contributed by atoms with van der Waals surface area (Å²) in [5.41, 5.74) is 0.119. The minimum Gasteiger partial charge on any atom is -0.478 e. The summed E-state index contributed by atoms with van der Waals surface area (Å²) in [5.74, 6) is -1.04. The summed E-state index contributed by atoms with van der Waals surface area (Å²) in [4.78, 5) is 10.2. The molecule has 0 rings (SSSR count). The summed E-state index contributed by atoms with van der Waals surface area (Å²) in [6, 6.07) is 0. The normalized spacial score (nSPS) is 9.65. The van der Waals surface area contributed by atoms with Gasteiger partial charge in [0.25, 0.3) is 0 Å². The fourth-order valence-electron chi connectivity index (χ4n) is 0.477. The molecule has 153 valence electrons. The van der Waals surface area contributed by atoms with Gasteiger partial charge in [0, 0.05) is 15.0 Å². The summed E-state index contributed by atoms with van der Waals surface area (Å²) in [6.45, 7) is 14.3. The van der Waals surface area contributed by atoms with Crippen LogP contribution in [0.5, 0.6) is 0 Å². The van der Waals surface area contributed by atoms with Crippen LogP contribution >= 0.6 is 9.47 Å². The van der Waals surface area contributed by atoms with Crippen molar-refractivity contribution in [3.63, 3.8) is 0 Å². The first kappa shape index (κ1) is 40.2. The van der Waals surface area contributed by atoms with Gasteiger partial charge in [0.1, 0.15) is 12.7 Å². The molecule has 11 radical (unpaired) electrons. The predicted molar refractivity (Wildman–Crippen MR) is 96.1 cm³/mol. The lowest BCUT2D eigenvalue weighted by atomic mass is 10.2. The van der Waals surface area contributed by atoms with E-state index in [1.165, 1.54) is 13.0 Å². The van der Waals surface area contributed by atoms with Crippen molar-refractivity contribution in [2.45, 2.75) is 13.0 Å². The molecular formula is C16H30O9P. The van der Waals surface area contributed by atoms with Gasteiger partial charge in [0.15, 0.2) is 0 Å². The van der Waals surface area contributed by atoms with Crippen LogP contribution in [-0.2, 0) is 40.0 Å². The van der Waals surface area contributed by atoms with E-state index in [0.29, 0.717) is 0 Å². The molecule has 0 aliphatic carbocycles. The van der Waals surface area contributed by atoms with Crippen molar-refractivity contribution in [1.82, 2.24) is 0 Å². The van der Waals surface area contributed by atoms with E-state index in [2.05, 4.69) is 39.1 Å². The van der Waals surface area contributed by atoms with E-state index in [1.54, 1.807) is 0 Å². The van der Waals surface area contributed by atoms with E-state index in [9.17, 15) is 9.90 Å². The van der Waals surface area contributed by atoms with E-state index in [4.69, 9.17) is 30.6 Å². The van der Waals surface area contributed by atoms with Crippen LogP contribution in [0.3, 0.4) is 0 Å². The molecule has 1 N–H and O–H groups in total. The summed E-state index contributed by atoms with van der Waals surface area (Å²) in [5, 5.41) is 62.7. The maximum Gasteiger partial charge on any atom is 0.331 e. The molecule has 0 bridgehead atoms. The third-order valence-corrected chi connectivity index (χ3v) is 1.46. The van der Waals surface area contributed by atoms with Crippen molar-refractivity contribution in [2.24, 2.45) is 0 Å². The van der Waals surface area contributed by atoms with E-state index < -0.39 is 18.7 Å². The third kappa shape index (κ3) is 90.5. The first-order chi connectivity index (χ1) is 12.2. The lowest BCUT2D eigenvalue weighted by Gasteiger charge is -2.04. The predicted octanol–water partition coefficient (Wildman–Crippen LogP) is 1.88. The van der Waals surface area contributed by atoms with Crippen molar-refractivity contribution in [3.8, 4) is 0 Å². The van der Waals surface area contributed by atoms with Crippen LogP contribution in [0, 0.1) is 34.6 Å². The van der Waals surface area contributed by atoms with Gasteiger partial charge in [-0.25, -0.2) is 35.4 Å². The van der Waals surface area contributed by atoms with E-state index in [1.807, 2.05) is 9.47 Å². The second kappa shape index (κ2) is 49.7. The van der Waals surface area contributed by atoms with E-state index in [-0.39, 0.29) is 38.6 Å². The zero-order valence-electron chi connectivity index (χ0n) is 15.2. The number of aliphatic carboxylic acids is 1.